The van der Waals surface area contributed by atoms with Crippen LogP contribution in [0.4, 0.5) is 8.78 Å². The fraction of sp³-hybridized carbons (Fsp3) is 0.250. The van der Waals surface area contributed by atoms with E-state index in [-0.39, 0.29) is 5.41 Å². The Morgan fingerprint density at radius 2 is 1.74 bits per heavy atom. The van der Waals surface area contributed by atoms with Gasteiger partial charge in [-0.15, -0.1) is 0 Å². The van der Waals surface area contributed by atoms with Crippen LogP contribution in [0.2, 0.25) is 0 Å². The molecule has 2 aromatic carbocycles. The van der Waals surface area contributed by atoms with Gasteiger partial charge in [-0.05, 0) is 23.6 Å². The Balaban J connectivity index is 1.92. The molecule has 1 nitrogen and oxygen atoms in total. The zero-order valence-corrected chi connectivity index (χ0v) is 10.5. The SMILES string of the molecule is Fc1ccc(CC2(c3ccccc3)CNC2)c(F)c1. The summed E-state index contributed by atoms with van der Waals surface area (Å²) in [6, 6.07) is 13.9. The van der Waals surface area contributed by atoms with Gasteiger partial charge in [-0.1, -0.05) is 36.4 Å². The maximum Gasteiger partial charge on any atom is 0.129 e. The molecule has 0 atom stereocenters. The van der Waals surface area contributed by atoms with Crippen molar-refractivity contribution in [1.29, 1.82) is 0 Å². The Kier molecular flexibility index (Phi) is 3.07. The summed E-state index contributed by atoms with van der Waals surface area (Å²) in [5, 5.41) is 3.26. The molecule has 0 aromatic heterocycles. The molecule has 1 fully saturated rings. The Morgan fingerprint density at radius 3 is 2.32 bits per heavy atom. The van der Waals surface area contributed by atoms with E-state index in [9.17, 15) is 8.78 Å². The van der Waals surface area contributed by atoms with Crippen LogP contribution < -0.4 is 5.32 Å². The van der Waals surface area contributed by atoms with Gasteiger partial charge in [0.25, 0.3) is 0 Å². The number of hydrogen-bond acceptors (Lipinski definition) is 1. The van der Waals surface area contributed by atoms with Gasteiger partial charge in [0.15, 0.2) is 0 Å². The molecule has 0 aliphatic carbocycles. The summed E-state index contributed by atoms with van der Waals surface area (Å²) in [4.78, 5) is 0. The van der Waals surface area contributed by atoms with Crippen LogP contribution in [0.1, 0.15) is 11.1 Å². The molecule has 19 heavy (non-hydrogen) atoms. The van der Waals surface area contributed by atoms with E-state index in [1.54, 1.807) is 6.07 Å². The number of nitrogens with one attached hydrogen (secondary N) is 1. The highest BCUT2D eigenvalue weighted by Crippen LogP contribution is 2.33. The van der Waals surface area contributed by atoms with E-state index < -0.39 is 11.6 Å². The molecule has 0 unspecified atom stereocenters. The molecule has 1 saturated heterocycles. The van der Waals surface area contributed by atoms with Crippen molar-refractivity contribution in [2.75, 3.05) is 13.1 Å². The van der Waals surface area contributed by atoms with E-state index in [0.717, 1.165) is 19.2 Å². The normalized spacial score (nSPS) is 16.9. The molecular formula is C16H15F2N. The summed E-state index contributed by atoms with van der Waals surface area (Å²) in [5.41, 5.74) is 1.71. The van der Waals surface area contributed by atoms with Gasteiger partial charge < -0.3 is 5.32 Å². The van der Waals surface area contributed by atoms with Crippen LogP contribution in [0.15, 0.2) is 48.5 Å². The van der Waals surface area contributed by atoms with Crippen molar-refractivity contribution in [2.45, 2.75) is 11.8 Å². The van der Waals surface area contributed by atoms with Crippen molar-refractivity contribution >= 4 is 0 Å². The standard InChI is InChI=1S/C16H15F2N/c17-14-7-6-12(15(18)8-14)9-16(10-19-11-16)13-4-2-1-3-5-13/h1-8,19H,9-11H2. The summed E-state index contributed by atoms with van der Waals surface area (Å²) in [6.07, 6.45) is 0.593. The van der Waals surface area contributed by atoms with Crippen LogP contribution in [0.5, 0.6) is 0 Å². The Labute approximate surface area is 111 Å². The lowest BCUT2D eigenvalue weighted by atomic mass is 9.71. The van der Waals surface area contributed by atoms with Crippen molar-refractivity contribution < 1.29 is 8.78 Å². The first kappa shape index (κ1) is 12.3. The third-order valence-electron chi connectivity index (χ3n) is 3.86. The number of benzene rings is 2. The van der Waals surface area contributed by atoms with Crippen LogP contribution >= 0.6 is 0 Å². The molecule has 0 radical (unpaired) electrons. The number of halogens is 2. The van der Waals surface area contributed by atoms with Crippen molar-refractivity contribution in [3.8, 4) is 0 Å². The predicted octanol–water partition coefficient (Wildman–Crippen LogP) is 3.05. The lowest BCUT2D eigenvalue weighted by Crippen LogP contribution is -2.58. The topological polar surface area (TPSA) is 12.0 Å². The minimum absolute atomic E-state index is 0.0695. The van der Waals surface area contributed by atoms with Gasteiger partial charge in [-0.3, -0.25) is 0 Å². The molecule has 0 amide bonds. The highest BCUT2D eigenvalue weighted by Gasteiger charge is 2.39. The van der Waals surface area contributed by atoms with Gasteiger partial charge >= 0.3 is 0 Å². The number of hydrogen-bond donors (Lipinski definition) is 1. The Hall–Kier alpha value is -1.74. The molecule has 3 rings (SSSR count). The van der Waals surface area contributed by atoms with Gasteiger partial charge in [-0.25, -0.2) is 8.78 Å². The zero-order chi connectivity index (χ0) is 13.3. The highest BCUT2D eigenvalue weighted by atomic mass is 19.1. The van der Waals surface area contributed by atoms with E-state index in [0.29, 0.717) is 12.0 Å². The van der Waals surface area contributed by atoms with Crippen LogP contribution in [0, 0.1) is 11.6 Å². The minimum atomic E-state index is -0.526. The molecular weight excluding hydrogens is 244 g/mol. The van der Waals surface area contributed by atoms with Crippen LogP contribution in [-0.2, 0) is 11.8 Å². The molecule has 2 aromatic rings. The average molecular weight is 259 g/mol. The first-order chi connectivity index (χ1) is 9.20. The van der Waals surface area contributed by atoms with Gasteiger partial charge in [0.05, 0.1) is 0 Å². The fourth-order valence-electron chi connectivity index (χ4n) is 2.68. The molecule has 98 valence electrons. The maximum atomic E-state index is 13.8. The van der Waals surface area contributed by atoms with Crippen molar-refractivity contribution in [3.63, 3.8) is 0 Å². The molecule has 0 bridgehead atoms. The minimum Gasteiger partial charge on any atom is -0.315 e. The maximum absolute atomic E-state index is 13.8. The Morgan fingerprint density at radius 1 is 1.00 bits per heavy atom. The van der Waals surface area contributed by atoms with E-state index >= 15 is 0 Å². The quantitative estimate of drug-likeness (QED) is 0.893. The third kappa shape index (κ3) is 2.26. The molecule has 1 aliphatic heterocycles. The molecule has 0 saturated carbocycles. The Bertz CT molecular complexity index is 577. The molecule has 1 heterocycles. The summed E-state index contributed by atoms with van der Waals surface area (Å²) in [6.45, 7) is 1.65. The monoisotopic (exact) mass is 259 g/mol. The lowest BCUT2D eigenvalue weighted by molar-refractivity contribution is 0.272. The second-order valence-electron chi connectivity index (χ2n) is 5.16. The molecule has 3 heteroatoms. The molecule has 0 spiro atoms. The van der Waals surface area contributed by atoms with E-state index in [4.69, 9.17) is 0 Å². The summed E-state index contributed by atoms with van der Waals surface area (Å²) in [7, 11) is 0. The van der Waals surface area contributed by atoms with Crippen molar-refractivity contribution in [3.05, 3.63) is 71.3 Å². The predicted molar refractivity (Wildman–Crippen MR) is 71.1 cm³/mol. The largest absolute Gasteiger partial charge is 0.315 e. The van der Waals surface area contributed by atoms with Gasteiger partial charge in [0, 0.05) is 24.6 Å². The van der Waals surface area contributed by atoms with Gasteiger partial charge in [0.1, 0.15) is 11.6 Å². The van der Waals surface area contributed by atoms with Crippen LogP contribution in [0.3, 0.4) is 0 Å². The van der Waals surface area contributed by atoms with Gasteiger partial charge in [0.2, 0.25) is 0 Å². The summed E-state index contributed by atoms with van der Waals surface area (Å²) >= 11 is 0. The second-order valence-corrected chi connectivity index (χ2v) is 5.16. The molecule has 1 aliphatic rings. The first-order valence-electron chi connectivity index (χ1n) is 6.40. The molecule has 1 N–H and O–H groups in total. The van der Waals surface area contributed by atoms with Gasteiger partial charge in [-0.2, -0.15) is 0 Å². The first-order valence-corrected chi connectivity index (χ1v) is 6.40. The zero-order valence-electron chi connectivity index (χ0n) is 10.5. The van der Waals surface area contributed by atoms with Crippen molar-refractivity contribution in [2.24, 2.45) is 0 Å². The average Bonchev–Trinajstić information content (AvgIpc) is 2.37. The summed E-state index contributed by atoms with van der Waals surface area (Å²) in [5.74, 6) is -0.982. The van der Waals surface area contributed by atoms with Crippen LogP contribution in [-0.4, -0.2) is 13.1 Å². The second kappa shape index (κ2) is 4.74. The fourth-order valence-corrected chi connectivity index (χ4v) is 2.68. The third-order valence-corrected chi connectivity index (χ3v) is 3.86. The summed E-state index contributed by atoms with van der Waals surface area (Å²) < 4.78 is 26.7. The van der Waals surface area contributed by atoms with E-state index in [1.807, 2.05) is 18.2 Å². The lowest BCUT2D eigenvalue weighted by Gasteiger charge is -2.43. The van der Waals surface area contributed by atoms with E-state index in [1.165, 1.54) is 11.6 Å². The van der Waals surface area contributed by atoms with Crippen molar-refractivity contribution in [1.82, 2.24) is 5.32 Å². The number of rotatable bonds is 3. The highest BCUT2D eigenvalue weighted by molar-refractivity contribution is 5.34. The van der Waals surface area contributed by atoms with Crippen LogP contribution in [0.25, 0.3) is 0 Å². The van der Waals surface area contributed by atoms with E-state index in [2.05, 4.69) is 17.4 Å². The smallest absolute Gasteiger partial charge is 0.129 e.